The lowest BCUT2D eigenvalue weighted by Crippen LogP contribution is -2.45. The van der Waals surface area contributed by atoms with Gasteiger partial charge in [0.05, 0.1) is 19.8 Å². The van der Waals surface area contributed by atoms with E-state index in [4.69, 9.17) is 4.74 Å². The maximum atomic E-state index is 12.4. The number of rotatable bonds is 4. The molecule has 5 heteroatoms. The summed E-state index contributed by atoms with van der Waals surface area (Å²) in [5, 5.41) is 12.4. The zero-order valence-electron chi connectivity index (χ0n) is 13.8. The van der Waals surface area contributed by atoms with Crippen LogP contribution >= 0.6 is 0 Å². The lowest BCUT2D eigenvalue weighted by Gasteiger charge is -2.28. The minimum Gasteiger partial charge on any atom is -0.497 e. The first-order valence-corrected chi connectivity index (χ1v) is 8.55. The predicted octanol–water partition coefficient (Wildman–Crippen LogP) is 2.28. The average Bonchev–Trinajstić information content (AvgIpc) is 3.07. The summed E-state index contributed by atoms with van der Waals surface area (Å²) in [5.74, 6) is 1.26. The smallest absolute Gasteiger partial charge is 0.317 e. The Bertz CT molecular complexity index is 561. The Hall–Kier alpha value is -1.75. The molecule has 0 spiro atoms. The lowest BCUT2D eigenvalue weighted by atomic mass is 9.82. The molecule has 1 aromatic rings. The summed E-state index contributed by atoms with van der Waals surface area (Å²) in [7, 11) is 1.69. The first-order valence-electron chi connectivity index (χ1n) is 8.55. The molecule has 0 radical (unpaired) electrons. The molecule has 126 valence electrons. The molecule has 5 nitrogen and oxygen atoms in total. The number of amides is 2. The van der Waals surface area contributed by atoms with Gasteiger partial charge in [-0.3, -0.25) is 0 Å². The third-order valence-corrected chi connectivity index (χ3v) is 5.14. The first kappa shape index (κ1) is 16.1. The molecule has 3 rings (SSSR count). The normalized spacial score (nSPS) is 23.5. The number of carbonyl (C=O) groups excluding carboxylic acids is 1. The molecule has 2 N–H and O–H groups in total. The second-order valence-corrected chi connectivity index (χ2v) is 6.51. The van der Waals surface area contributed by atoms with Crippen LogP contribution in [0.25, 0.3) is 0 Å². The summed E-state index contributed by atoms with van der Waals surface area (Å²) in [6.07, 6.45) is 5.20. The Labute approximate surface area is 137 Å². The summed E-state index contributed by atoms with van der Waals surface area (Å²) in [5.41, 5.74) is 2.67. The molecule has 0 bridgehead atoms. The summed E-state index contributed by atoms with van der Waals surface area (Å²) < 4.78 is 5.31. The van der Waals surface area contributed by atoms with E-state index in [-0.39, 0.29) is 18.7 Å². The van der Waals surface area contributed by atoms with Crippen LogP contribution in [0.3, 0.4) is 0 Å². The van der Waals surface area contributed by atoms with Crippen LogP contribution in [0.5, 0.6) is 5.75 Å². The Morgan fingerprint density at radius 1 is 1.39 bits per heavy atom. The molecule has 2 atom stereocenters. The van der Waals surface area contributed by atoms with Crippen molar-refractivity contribution in [1.29, 1.82) is 0 Å². The molecule has 23 heavy (non-hydrogen) atoms. The molecule has 2 amide bonds. The van der Waals surface area contributed by atoms with Crippen molar-refractivity contribution in [2.75, 3.05) is 26.8 Å². The fraction of sp³-hybridized carbons (Fsp3) is 0.611. The van der Waals surface area contributed by atoms with Gasteiger partial charge in [-0.1, -0.05) is 6.07 Å². The van der Waals surface area contributed by atoms with Crippen molar-refractivity contribution in [2.24, 2.45) is 0 Å². The Kier molecular flexibility index (Phi) is 5.06. The van der Waals surface area contributed by atoms with Crippen molar-refractivity contribution < 1.29 is 14.6 Å². The number of likely N-dealkylation sites (tertiary alicyclic amines) is 1. The summed E-state index contributed by atoms with van der Waals surface area (Å²) >= 11 is 0. The van der Waals surface area contributed by atoms with Crippen molar-refractivity contribution in [1.82, 2.24) is 10.2 Å². The number of carbonyl (C=O) groups is 1. The van der Waals surface area contributed by atoms with Crippen molar-refractivity contribution in [2.45, 2.75) is 44.1 Å². The standard InChI is InChI=1S/C18H26N2O3/c1-23-16-7-8-17-13(10-16)4-2-5-14(17)11-19-18(22)20-9-3-6-15(20)12-21/h7-8,10,14-15,21H,2-6,9,11-12H2,1H3,(H,19,22)/t14?,15-/m0/s1. The van der Waals surface area contributed by atoms with Crippen LogP contribution in [0, 0.1) is 0 Å². The fourth-order valence-electron chi connectivity index (χ4n) is 3.84. The van der Waals surface area contributed by atoms with E-state index < -0.39 is 0 Å². The van der Waals surface area contributed by atoms with Gasteiger partial charge in [0.25, 0.3) is 0 Å². The Balaban J connectivity index is 1.62. The molecule has 2 aliphatic rings. The van der Waals surface area contributed by atoms with E-state index in [1.807, 2.05) is 6.07 Å². The second kappa shape index (κ2) is 7.21. The molecular formula is C18H26N2O3. The van der Waals surface area contributed by atoms with Gasteiger partial charge < -0.3 is 20.1 Å². The number of aryl methyl sites for hydroxylation is 1. The highest BCUT2D eigenvalue weighted by molar-refractivity contribution is 5.75. The van der Waals surface area contributed by atoms with Gasteiger partial charge in [-0.05, 0) is 55.4 Å². The number of nitrogens with one attached hydrogen (secondary N) is 1. The van der Waals surface area contributed by atoms with Crippen molar-refractivity contribution >= 4 is 6.03 Å². The number of methoxy groups -OCH3 is 1. The van der Waals surface area contributed by atoms with E-state index in [0.717, 1.165) is 44.4 Å². The Morgan fingerprint density at radius 3 is 3.04 bits per heavy atom. The summed E-state index contributed by atoms with van der Waals surface area (Å²) in [6.45, 7) is 1.46. The molecular weight excluding hydrogens is 292 g/mol. The largest absolute Gasteiger partial charge is 0.497 e. The average molecular weight is 318 g/mol. The lowest BCUT2D eigenvalue weighted by molar-refractivity contribution is 0.156. The number of aliphatic hydroxyl groups is 1. The van der Waals surface area contributed by atoms with Crippen LogP contribution in [0.2, 0.25) is 0 Å². The number of benzene rings is 1. The van der Waals surface area contributed by atoms with E-state index in [2.05, 4.69) is 17.4 Å². The zero-order valence-corrected chi connectivity index (χ0v) is 13.8. The third kappa shape index (κ3) is 3.44. The third-order valence-electron chi connectivity index (χ3n) is 5.14. The van der Waals surface area contributed by atoms with Crippen LogP contribution in [-0.4, -0.2) is 48.9 Å². The van der Waals surface area contributed by atoms with E-state index >= 15 is 0 Å². The van der Waals surface area contributed by atoms with Crippen LogP contribution < -0.4 is 10.1 Å². The van der Waals surface area contributed by atoms with Gasteiger partial charge in [0.1, 0.15) is 5.75 Å². The van der Waals surface area contributed by atoms with Crippen molar-refractivity contribution in [3.05, 3.63) is 29.3 Å². The van der Waals surface area contributed by atoms with Gasteiger partial charge in [-0.2, -0.15) is 0 Å². The van der Waals surface area contributed by atoms with Crippen LogP contribution in [0.1, 0.15) is 42.7 Å². The minimum absolute atomic E-state index is 0.0158. The van der Waals surface area contributed by atoms with Crippen LogP contribution in [0.4, 0.5) is 4.79 Å². The number of fused-ring (bicyclic) bond motifs is 1. The fourth-order valence-corrected chi connectivity index (χ4v) is 3.84. The van der Waals surface area contributed by atoms with Gasteiger partial charge in [-0.15, -0.1) is 0 Å². The molecule has 1 heterocycles. The highest BCUT2D eigenvalue weighted by Gasteiger charge is 2.29. The first-order chi connectivity index (χ1) is 11.2. The van der Waals surface area contributed by atoms with Gasteiger partial charge in [0.15, 0.2) is 0 Å². The summed E-state index contributed by atoms with van der Waals surface area (Å²) in [4.78, 5) is 14.1. The van der Waals surface area contributed by atoms with Crippen molar-refractivity contribution in [3.8, 4) is 5.75 Å². The van der Waals surface area contributed by atoms with E-state index in [9.17, 15) is 9.90 Å². The van der Waals surface area contributed by atoms with Crippen LogP contribution in [-0.2, 0) is 6.42 Å². The minimum atomic E-state index is -0.0396. The van der Waals surface area contributed by atoms with E-state index in [1.165, 1.54) is 11.1 Å². The highest BCUT2D eigenvalue weighted by atomic mass is 16.5. The van der Waals surface area contributed by atoms with Crippen LogP contribution in [0.15, 0.2) is 18.2 Å². The molecule has 1 aliphatic carbocycles. The number of hydrogen-bond donors (Lipinski definition) is 2. The number of ether oxygens (including phenoxy) is 1. The van der Waals surface area contributed by atoms with Crippen molar-refractivity contribution in [3.63, 3.8) is 0 Å². The number of urea groups is 1. The zero-order chi connectivity index (χ0) is 16.2. The topological polar surface area (TPSA) is 61.8 Å². The van der Waals surface area contributed by atoms with E-state index in [0.29, 0.717) is 12.5 Å². The van der Waals surface area contributed by atoms with Gasteiger partial charge in [-0.25, -0.2) is 4.79 Å². The summed E-state index contributed by atoms with van der Waals surface area (Å²) in [6, 6.07) is 6.20. The van der Waals surface area contributed by atoms with Gasteiger partial charge in [0.2, 0.25) is 0 Å². The molecule has 1 aromatic carbocycles. The molecule has 1 aliphatic heterocycles. The second-order valence-electron chi connectivity index (χ2n) is 6.51. The van der Waals surface area contributed by atoms with Gasteiger partial charge in [0, 0.05) is 19.0 Å². The predicted molar refractivity (Wildman–Crippen MR) is 88.9 cm³/mol. The molecule has 0 aromatic heterocycles. The monoisotopic (exact) mass is 318 g/mol. The Morgan fingerprint density at radius 2 is 2.26 bits per heavy atom. The number of nitrogens with zero attached hydrogens (tertiary/aromatic N) is 1. The molecule has 1 saturated heterocycles. The SMILES string of the molecule is COc1ccc2c(c1)CCCC2CNC(=O)N1CCC[C@H]1CO. The maximum absolute atomic E-state index is 12.4. The quantitative estimate of drug-likeness (QED) is 0.895. The molecule has 1 fully saturated rings. The highest BCUT2D eigenvalue weighted by Crippen LogP contribution is 2.33. The molecule has 1 unspecified atom stereocenters. The van der Waals surface area contributed by atoms with Gasteiger partial charge >= 0.3 is 6.03 Å². The maximum Gasteiger partial charge on any atom is 0.317 e. The van der Waals surface area contributed by atoms with E-state index in [1.54, 1.807) is 12.0 Å². The number of hydrogen-bond acceptors (Lipinski definition) is 3. The number of aliphatic hydroxyl groups excluding tert-OH is 1. The molecule has 0 saturated carbocycles.